The Morgan fingerprint density at radius 3 is 2.36 bits per heavy atom. The van der Waals surface area contributed by atoms with Crippen LogP contribution >= 0.6 is 0 Å². The Morgan fingerprint density at radius 2 is 1.59 bits per heavy atom. The molecular weight excluding hydrogens is 266 g/mol. The van der Waals surface area contributed by atoms with Crippen molar-refractivity contribution in [3.8, 4) is 0 Å². The number of hydrogen-bond acceptors (Lipinski definition) is 0. The van der Waals surface area contributed by atoms with E-state index in [0.717, 1.165) is 0 Å². The topological polar surface area (TPSA) is 14.1 Å². The quantitative estimate of drug-likeness (QED) is 0.583. The van der Waals surface area contributed by atoms with Crippen LogP contribution in [0.25, 0.3) is 5.57 Å². The van der Waals surface area contributed by atoms with Gasteiger partial charge in [-0.1, -0.05) is 57.6 Å². The van der Waals surface area contributed by atoms with Crippen molar-refractivity contribution >= 4 is 11.3 Å². The summed E-state index contributed by atoms with van der Waals surface area (Å²) in [5.41, 5.74) is 7.76. The molecule has 0 spiro atoms. The van der Waals surface area contributed by atoms with Crippen molar-refractivity contribution in [3.63, 3.8) is 0 Å². The fraction of sp³-hybridized carbons (Fsp3) is 0.619. The predicted octanol–water partition coefficient (Wildman–Crippen LogP) is 6.22. The van der Waals surface area contributed by atoms with Crippen LogP contribution in [0.2, 0.25) is 0 Å². The summed E-state index contributed by atoms with van der Waals surface area (Å²) in [5, 5.41) is 4.94. The van der Waals surface area contributed by atoms with Gasteiger partial charge in [-0.05, 0) is 54.7 Å². The third-order valence-corrected chi connectivity index (χ3v) is 6.15. The van der Waals surface area contributed by atoms with Gasteiger partial charge in [0.25, 0.3) is 0 Å². The van der Waals surface area contributed by atoms with Crippen LogP contribution in [-0.4, -0.2) is 0 Å². The monoisotopic (exact) mass is 294 g/mol. The number of nitrogens with zero attached hydrogens (tertiary/aromatic N) is 1. The molecule has 3 aliphatic rings. The summed E-state index contributed by atoms with van der Waals surface area (Å²) in [4.78, 5) is 0. The Kier molecular flexibility index (Phi) is 3.76. The largest absolute Gasteiger partial charge is 0.253 e. The van der Waals surface area contributed by atoms with Gasteiger partial charge in [-0.3, -0.25) is 5.32 Å². The lowest BCUT2D eigenvalue weighted by Gasteiger charge is -2.32. The first-order valence-electron chi connectivity index (χ1n) is 9.36. The molecular formula is C21H28N. The van der Waals surface area contributed by atoms with Gasteiger partial charge in [-0.15, -0.1) is 0 Å². The molecule has 117 valence electrons. The van der Waals surface area contributed by atoms with E-state index in [1.807, 2.05) is 0 Å². The zero-order valence-electron chi connectivity index (χ0n) is 14.0. The molecule has 0 bridgehead atoms. The van der Waals surface area contributed by atoms with Crippen LogP contribution in [-0.2, 0) is 5.41 Å². The molecule has 2 aliphatic carbocycles. The van der Waals surface area contributed by atoms with E-state index >= 15 is 0 Å². The average molecular weight is 294 g/mol. The van der Waals surface area contributed by atoms with Gasteiger partial charge in [0.2, 0.25) is 0 Å². The maximum atomic E-state index is 4.94. The van der Waals surface area contributed by atoms with Crippen LogP contribution in [0.4, 0.5) is 5.69 Å². The highest BCUT2D eigenvalue weighted by Gasteiger charge is 2.35. The summed E-state index contributed by atoms with van der Waals surface area (Å²) in [5.74, 6) is 0. The Bertz CT molecular complexity index is 586. The summed E-state index contributed by atoms with van der Waals surface area (Å²) >= 11 is 0. The molecule has 0 amide bonds. The maximum Gasteiger partial charge on any atom is 0.0711 e. The van der Waals surface area contributed by atoms with E-state index in [1.54, 1.807) is 11.1 Å². The number of benzene rings is 1. The van der Waals surface area contributed by atoms with E-state index in [2.05, 4.69) is 25.1 Å². The zero-order valence-corrected chi connectivity index (χ0v) is 14.0. The highest BCUT2D eigenvalue weighted by Crippen LogP contribution is 2.49. The van der Waals surface area contributed by atoms with E-state index in [4.69, 9.17) is 5.32 Å². The molecule has 1 heterocycles. The van der Waals surface area contributed by atoms with Crippen molar-refractivity contribution in [1.82, 2.24) is 5.32 Å². The number of hydrogen-bond donors (Lipinski definition) is 0. The van der Waals surface area contributed by atoms with E-state index in [0.29, 0.717) is 5.41 Å². The fourth-order valence-corrected chi connectivity index (χ4v) is 4.85. The Morgan fingerprint density at radius 1 is 0.864 bits per heavy atom. The van der Waals surface area contributed by atoms with E-state index in [1.165, 1.54) is 87.6 Å². The van der Waals surface area contributed by atoms with E-state index in [-0.39, 0.29) is 0 Å². The first-order chi connectivity index (χ1) is 10.8. The lowest BCUT2D eigenvalue weighted by atomic mass is 9.72. The average Bonchev–Trinajstić information content (AvgIpc) is 3.11. The number of rotatable bonds is 1. The van der Waals surface area contributed by atoms with Gasteiger partial charge in [0.15, 0.2) is 0 Å². The SMILES string of the molecule is CC1(c2cccc3c2C2=C(CCC2)[N]3)CCCCCCCC1. The number of fused-ring (bicyclic) bond motifs is 2. The molecule has 22 heavy (non-hydrogen) atoms. The number of allylic oxidation sites excluding steroid dienone is 2. The minimum Gasteiger partial charge on any atom is -0.253 e. The Labute approximate surface area is 135 Å². The predicted molar refractivity (Wildman–Crippen MR) is 93.3 cm³/mol. The van der Waals surface area contributed by atoms with Crippen molar-refractivity contribution in [3.05, 3.63) is 35.0 Å². The Balaban J connectivity index is 1.74. The van der Waals surface area contributed by atoms with Gasteiger partial charge in [0.05, 0.1) is 5.69 Å². The van der Waals surface area contributed by atoms with Crippen LogP contribution in [0.3, 0.4) is 0 Å². The second kappa shape index (κ2) is 5.76. The standard InChI is InChI=1S/C21H28N/c1-21(14-6-4-2-3-5-7-15-21)17-11-9-13-19-20(17)16-10-8-12-18(16)22-19/h9,11,13H,2-8,10,12,14-15H2,1H3. The maximum absolute atomic E-state index is 4.94. The normalized spacial score (nSPS) is 24.0. The molecule has 1 aromatic carbocycles. The second-order valence-electron chi connectivity index (χ2n) is 7.77. The molecule has 4 rings (SSSR count). The fourth-order valence-electron chi connectivity index (χ4n) is 4.85. The zero-order chi connectivity index (χ0) is 15.0. The lowest BCUT2D eigenvalue weighted by Crippen LogP contribution is -2.23. The summed E-state index contributed by atoms with van der Waals surface area (Å²) < 4.78 is 0. The lowest BCUT2D eigenvalue weighted by molar-refractivity contribution is 0.380. The van der Waals surface area contributed by atoms with Gasteiger partial charge < -0.3 is 0 Å². The molecule has 1 nitrogen and oxygen atoms in total. The summed E-state index contributed by atoms with van der Waals surface area (Å²) in [6.45, 7) is 2.53. The van der Waals surface area contributed by atoms with Gasteiger partial charge in [-0.2, -0.15) is 0 Å². The molecule has 0 atom stereocenters. The second-order valence-corrected chi connectivity index (χ2v) is 7.77. The molecule has 1 fully saturated rings. The van der Waals surface area contributed by atoms with Crippen molar-refractivity contribution in [2.75, 3.05) is 0 Å². The first kappa shape index (κ1) is 14.4. The van der Waals surface area contributed by atoms with Crippen molar-refractivity contribution in [2.45, 2.75) is 83.0 Å². The Hall–Kier alpha value is -1.24. The van der Waals surface area contributed by atoms with Gasteiger partial charge >= 0.3 is 0 Å². The molecule has 1 radical (unpaired) electrons. The molecule has 1 aromatic rings. The third kappa shape index (κ3) is 2.39. The molecule has 0 aromatic heterocycles. The minimum atomic E-state index is 0.357. The third-order valence-electron chi connectivity index (χ3n) is 6.15. The van der Waals surface area contributed by atoms with Crippen LogP contribution in [0.1, 0.15) is 88.7 Å². The van der Waals surface area contributed by atoms with Gasteiger partial charge in [-0.25, -0.2) is 0 Å². The van der Waals surface area contributed by atoms with Crippen LogP contribution in [0, 0.1) is 0 Å². The van der Waals surface area contributed by atoms with Crippen LogP contribution in [0.5, 0.6) is 0 Å². The molecule has 0 saturated heterocycles. The molecule has 0 unspecified atom stereocenters. The van der Waals surface area contributed by atoms with E-state index < -0.39 is 0 Å². The molecule has 1 aliphatic heterocycles. The first-order valence-corrected chi connectivity index (χ1v) is 9.36. The summed E-state index contributed by atoms with van der Waals surface area (Å²) in [6.07, 6.45) is 15.0. The summed E-state index contributed by atoms with van der Waals surface area (Å²) in [7, 11) is 0. The van der Waals surface area contributed by atoms with Crippen LogP contribution < -0.4 is 5.32 Å². The smallest absolute Gasteiger partial charge is 0.0711 e. The van der Waals surface area contributed by atoms with Crippen molar-refractivity contribution in [2.24, 2.45) is 0 Å². The van der Waals surface area contributed by atoms with Gasteiger partial charge in [0, 0.05) is 11.3 Å². The van der Waals surface area contributed by atoms with Gasteiger partial charge in [0.1, 0.15) is 0 Å². The molecule has 1 heteroatoms. The van der Waals surface area contributed by atoms with Crippen LogP contribution in [0.15, 0.2) is 23.9 Å². The molecule has 0 N–H and O–H groups in total. The molecule has 1 saturated carbocycles. The van der Waals surface area contributed by atoms with E-state index in [9.17, 15) is 0 Å². The van der Waals surface area contributed by atoms with Crippen molar-refractivity contribution < 1.29 is 0 Å². The summed E-state index contributed by atoms with van der Waals surface area (Å²) in [6, 6.07) is 6.90. The highest BCUT2D eigenvalue weighted by atomic mass is 14.9. The minimum absolute atomic E-state index is 0.357. The van der Waals surface area contributed by atoms with Crippen molar-refractivity contribution in [1.29, 1.82) is 0 Å². The highest BCUT2D eigenvalue weighted by molar-refractivity contribution is 5.85.